The van der Waals surface area contributed by atoms with Gasteiger partial charge in [0.25, 0.3) is 0 Å². The topological polar surface area (TPSA) is 17.8 Å². The molecule has 1 aromatic heterocycles. The van der Waals surface area contributed by atoms with Crippen molar-refractivity contribution in [3.8, 4) is 39.3 Å². The highest BCUT2D eigenvalue weighted by Gasteiger charge is 2.30. The zero-order valence-corrected chi connectivity index (χ0v) is 15.7. The Morgan fingerprint density at radius 2 is 1.39 bits per heavy atom. The highest BCUT2D eigenvalue weighted by atomic mass is 35.5. The van der Waals surface area contributed by atoms with Gasteiger partial charge in [-0.25, -0.2) is 4.68 Å². The molecule has 4 aromatic carbocycles. The Hall–Kier alpha value is -3.36. The molecule has 0 amide bonds. The maximum Gasteiger partial charge on any atom is 0.101 e. The number of hydrogen-bond acceptors (Lipinski definition) is 1. The van der Waals surface area contributed by atoms with Crippen LogP contribution in [0.3, 0.4) is 0 Å². The minimum absolute atomic E-state index is 0.723. The van der Waals surface area contributed by atoms with Crippen molar-refractivity contribution in [1.29, 1.82) is 0 Å². The summed E-state index contributed by atoms with van der Waals surface area (Å²) in [6.45, 7) is 0. The van der Waals surface area contributed by atoms with E-state index >= 15 is 0 Å². The third-order valence-corrected chi connectivity index (χ3v) is 5.68. The molecule has 2 nitrogen and oxygen atoms in total. The van der Waals surface area contributed by atoms with Crippen LogP contribution < -0.4 is 0 Å². The van der Waals surface area contributed by atoms with Crippen molar-refractivity contribution in [2.45, 2.75) is 0 Å². The van der Waals surface area contributed by atoms with Crippen LogP contribution in [0.1, 0.15) is 0 Å². The lowest BCUT2D eigenvalue weighted by molar-refractivity contribution is 0.893. The van der Waals surface area contributed by atoms with E-state index in [1.165, 1.54) is 27.5 Å². The summed E-state index contributed by atoms with van der Waals surface area (Å²) in [5.41, 5.74) is 7.97. The van der Waals surface area contributed by atoms with E-state index in [2.05, 4.69) is 65.3 Å². The number of aromatic nitrogens is 2. The van der Waals surface area contributed by atoms with Gasteiger partial charge in [-0.15, -0.1) is 0 Å². The monoisotopic (exact) mass is 378 g/mol. The number of halogens is 1. The molecule has 5 aromatic rings. The first-order chi connectivity index (χ1) is 13.8. The zero-order valence-electron chi connectivity index (χ0n) is 14.9. The minimum atomic E-state index is 0.723. The van der Waals surface area contributed by atoms with E-state index in [4.69, 9.17) is 16.7 Å². The average molecular weight is 379 g/mol. The summed E-state index contributed by atoms with van der Waals surface area (Å²) in [5.74, 6) is 0. The molecule has 0 fully saturated rings. The average Bonchev–Trinajstić information content (AvgIpc) is 3.28. The van der Waals surface area contributed by atoms with Gasteiger partial charge in [-0.1, -0.05) is 78.3 Å². The van der Waals surface area contributed by atoms with Crippen molar-refractivity contribution in [3.05, 3.63) is 96.0 Å². The largest absolute Gasteiger partial charge is 0.232 e. The van der Waals surface area contributed by atoms with Gasteiger partial charge in [-0.2, -0.15) is 5.10 Å². The van der Waals surface area contributed by atoms with Gasteiger partial charge >= 0.3 is 0 Å². The predicted molar refractivity (Wildman–Crippen MR) is 116 cm³/mol. The summed E-state index contributed by atoms with van der Waals surface area (Å²) in [6.07, 6.45) is 0. The van der Waals surface area contributed by atoms with Crippen LogP contribution in [0, 0.1) is 0 Å². The Kier molecular flexibility index (Phi) is 3.26. The molecule has 3 heteroatoms. The van der Waals surface area contributed by atoms with Crippen LogP contribution >= 0.6 is 11.6 Å². The number of rotatable bonds is 2. The smallest absolute Gasteiger partial charge is 0.101 e. The predicted octanol–water partition coefficient (Wildman–Crippen LogP) is 6.99. The van der Waals surface area contributed by atoms with Gasteiger partial charge in [0.15, 0.2) is 0 Å². The molecule has 28 heavy (non-hydrogen) atoms. The molecule has 6 rings (SSSR count). The normalized spacial score (nSPS) is 11.8. The van der Waals surface area contributed by atoms with Gasteiger partial charge in [-0.05, 0) is 40.6 Å². The van der Waals surface area contributed by atoms with Gasteiger partial charge in [0.1, 0.15) is 5.69 Å². The molecule has 132 valence electrons. The first-order valence-electron chi connectivity index (χ1n) is 9.28. The fraction of sp³-hybridized carbons (Fsp3) is 0. The second kappa shape index (κ2) is 5.82. The summed E-state index contributed by atoms with van der Waals surface area (Å²) in [7, 11) is 0. The van der Waals surface area contributed by atoms with E-state index in [1.54, 1.807) is 0 Å². The summed E-state index contributed by atoms with van der Waals surface area (Å²) in [6, 6.07) is 31.3. The van der Waals surface area contributed by atoms with Crippen LogP contribution in [0.15, 0.2) is 91.0 Å². The van der Waals surface area contributed by atoms with Crippen LogP contribution in [0.25, 0.3) is 50.1 Å². The maximum absolute atomic E-state index is 6.13. The molecule has 0 atom stereocenters. The molecule has 0 N–H and O–H groups in total. The molecule has 1 heterocycles. The highest BCUT2D eigenvalue weighted by molar-refractivity contribution is 6.30. The van der Waals surface area contributed by atoms with Gasteiger partial charge in [0.05, 0.1) is 11.4 Å². The molecule has 0 unspecified atom stereocenters. The van der Waals surface area contributed by atoms with E-state index < -0.39 is 0 Å². The molecule has 0 bridgehead atoms. The summed E-state index contributed by atoms with van der Waals surface area (Å²) >= 11 is 6.13. The molecular formula is C25H15ClN2. The molecule has 0 radical (unpaired) electrons. The lowest BCUT2D eigenvalue weighted by atomic mass is 10.0. The first-order valence-corrected chi connectivity index (χ1v) is 9.66. The van der Waals surface area contributed by atoms with E-state index in [0.29, 0.717) is 0 Å². The van der Waals surface area contributed by atoms with Crippen LogP contribution in [0.4, 0.5) is 0 Å². The Labute approximate surface area is 167 Å². The standard InChI is InChI=1S/C25H15ClN2/c26-18-12-14-19(15-13-18)28-25-21-11-5-9-16-8-4-10-20(22(16)21)23(25)24(27-28)17-6-2-1-3-7-17/h1-15H. The fourth-order valence-electron chi connectivity index (χ4n) is 4.24. The molecule has 0 saturated heterocycles. The first kappa shape index (κ1) is 15.7. The highest BCUT2D eigenvalue weighted by Crippen LogP contribution is 2.51. The van der Waals surface area contributed by atoms with Crippen molar-refractivity contribution in [2.24, 2.45) is 0 Å². The molecule has 0 spiro atoms. The lowest BCUT2D eigenvalue weighted by Gasteiger charge is -2.08. The quantitative estimate of drug-likeness (QED) is 0.317. The van der Waals surface area contributed by atoms with Gasteiger partial charge in [0.2, 0.25) is 0 Å². The second-order valence-electron chi connectivity index (χ2n) is 7.04. The number of benzene rings is 4. The summed E-state index contributed by atoms with van der Waals surface area (Å²) in [4.78, 5) is 0. The van der Waals surface area contributed by atoms with Crippen LogP contribution in [0.2, 0.25) is 5.02 Å². The molecule has 0 aliphatic heterocycles. The van der Waals surface area contributed by atoms with E-state index in [0.717, 1.165) is 27.7 Å². The Balaban J connectivity index is 1.74. The van der Waals surface area contributed by atoms with E-state index in [1.807, 2.05) is 30.3 Å². The van der Waals surface area contributed by atoms with Crippen molar-refractivity contribution in [2.75, 3.05) is 0 Å². The second-order valence-corrected chi connectivity index (χ2v) is 7.47. The van der Waals surface area contributed by atoms with Crippen LogP contribution in [-0.2, 0) is 0 Å². The van der Waals surface area contributed by atoms with Gasteiger partial charge in [-0.3, -0.25) is 0 Å². The molecular weight excluding hydrogens is 364 g/mol. The third kappa shape index (κ3) is 2.12. The maximum atomic E-state index is 6.13. The van der Waals surface area contributed by atoms with Crippen LogP contribution in [0.5, 0.6) is 0 Å². The summed E-state index contributed by atoms with van der Waals surface area (Å²) < 4.78 is 2.06. The minimum Gasteiger partial charge on any atom is -0.232 e. The van der Waals surface area contributed by atoms with Crippen molar-refractivity contribution in [1.82, 2.24) is 9.78 Å². The van der Waals surface area contributed by atoms with Crippen molar-refractivity contribution >= 4 is 22.4 Å². The fourth-order valence-corrected chi connectivity index (χ4v) is 4.36. The van der Waals surface area contributed by atoms with E-state index in [-0.39, 0.29) is 0 Å². The SMILES string of the molecule is Clc1ccc(-n2nc(-c3ccccc3)c3c2-c2cccc4cccc-3c24)cc1. The van der Waals surface area contributed by atoms with Crippen LogP contribution in [-0.4, -0.2) is 9.78 Å². The summed E-state index contributed by atoms with van der Waals surface area (Å²) in [5, 5.41) is 8.35. The number of hydrogen-bond donors (Lipinski definition) is 0. The molecule has 1 aliphatic rings. The number of nitrogens with zero attached hydrogens (tertiary/aromatic N) is 2. The van der Waals surface area contributed by atoms with Crippen molar-refractivity contribution in [3.63, 3.8) is 0 Å². The number of fused-ring (bicyclic) bond motifs is 3. The Morgan fingerprint density at radius 1 is 0.679 bits per heavy atom. The molecule has 0 saturated carbocycles. The molecule has 1 aliphatic carbocycles. The van der Waals surface area contributed by atoms with Crippen molar-refractivity contribution < 1.29 is 0 Å². The third-order valence-electron chi connectivity index (χ3n) is 5.43. The van der Waals surface area contributed by atoms with Gasteiger partial charge in [0, 0.05) is 21.7 Å². The van der Waals surface area contributed by atoms with Gasteiger partial charge < -0.3 is 0 Å². The Morgan fingerprint density at radius 3 is 2.14 bits per heavy atom. The van der Waals surface area contributed by atoms with E-state index in [9.17, 15) is 0 Å². The zero-order chi connectivity index (χ0) is 18.7. The lowest BCUT2D eigenvalue weighted by Crippen LogP contribution is -1.98. The Bertz CT molecular complexity index is 1340.